The Morgan fingerprint density at radius 1 is 1.36 bits per heavy atom. The highest BCUT2D eigenvalue weighted by Crippen LogP contribution is 2.25. The van der Waals surface area contributed by atoms with E-state index >= 15 is 0 Å². The number of phenols is 1. The summed E-state index contributed by atoms with van der Waals surface area (Å²) in [4.78, 5) is 2.19. The second-order valence-corrected chi connectivity index (χ2v) is 3.12. The Balaban J connectivity index is 3.00. The number of rotatable bonds is 4. The Hall–Kier alpha value is -1.44. The van der Waals surface area contributed by atoms with Gasteiger partial charge in [0.25, 0.3) is 0 Å². The normalized spacial score (nSPS) is 9.86. The molecule has 2 heteroatoms. The van der Waals surface area contributed by atoms with E-state index in [0.717, 1.165) is 24.3 Å². The first kappa shape index (κ1) is 10.6. The van der Waals surface area contributed by atoms with Gasteiger partial charge < -0.3 is 10.0 Å². The molecule has 0 unspecified atom stereocenters. The smallest absolute Gasteiger partial charge is 0.124 e. The highest BCUT2D eigenvalue weighted by Gasteiger charge is 2.04. The van der Waals surface area contributed by atoms with Gasteiger partial charge in [0.15, 0.2) is 0 Å². The maximum Gasteiger partial charge on any atom is 0.124 e. The number of hydrogen-bond donors (Lipinski definition) is 1. The molecule has 1 N–H and O–H groups in total. The standard InChI is InChI=1S/C12H17NO/c1-4-10-7-8-11(9-12(10)14)13(5-2)6-3/h4,7-9,14H,1,5-6H2,2-3H3. The summed E-state index contributed by atoms with van der Waals surface area (Å²) in [5, 5.41) is 9.63. The Bertz CT molecular complexity index is 316. The van der Waals surface area contributed by atoms with Crippen molar-refractivity contribution in [2.24, 2.45) is 0 Å². The van der Waals surface area contributed by atoms with Crippen LogP contribution in [0.4, 0.5) is 5.69 Å². The predicted molar refractivity (Wildman–Crippen MR) is 61.8 cm³/mol. The third-order valence-corrected chi connectivity index (χ3v) is 2.36. The number of anilines is 1. The van der Waals surface area contributed by atoms with Gasteiger partial charge in [0.05, 0.1) is 0 Å². The topological polar surface area (TPSA) is 23.5 Å². The van der Waals surface area contributed by atoms with Gasteiger partial charge in [-0.1, -0.05) is 12.7 Å². The number of aromatic hydroxyl groups is 1. The van der Waals surface area contributed by atoms with E-state index in [4.69, 9.17) is 0 Å². The maximum absolute atomic E-state index is 9.63. The lowest BCUT2D eigenvalue weighted by Crippen LogP contribution is -2.21. The Morgan fingerprint density at radius 2 is 2.00 bits per heavy atom. The van der Waals surface area contributed by atoms with Crippen molar-refractivity contribution < 1.29 is 5.11 Å². The van der Waals surface area contributed by atoms with E-state index in [-0.39, 0.29) is 0 Å². The van der Waals surface area contributed by atoms with Crippen LogP contribution < -0.4 is 4.90 Å². The molecule has 0 amide bonds. The lowest BCUT2D eigenvalue weighted by Gasteiger charge is -2.21. The summed E-state index contributed by atoms with van der Waals surface area (Å²) in [5.41, 5.74) is 1.83. The molecule has 1 aromatic rings. The van der Waals surface area contributed by atoms with Crippen LogP contribution >= 0.6 is 0 Å². The third-order valence-electron chi connectivity index (χ3n) is 2.36. The molecule has 0 bridgehead atoms. The van der Waals surface area contributed by atoms with Crippen molar-refractivity contribution in [1.82, 2.24) is 0 Å². The third kappa shape index (κ3) is 2.08. The summed E-state index contributed by atoms with van der Waals surface area (Å²) >= 11 is 0. The van der Waals surface area contributed by atoms with E-state index in [2.05, 4.69) is 25.3 Å². The highest BCUT2D eigenvalue weighted by molar-refractivity contribution is 5.62. The first-order chi connectivity index (χ1) is 6.72. The van der Waals surface area contributed by atoms with E-state index < -0.39 is 0 Å². The van der Waals surface area contributed by atoms with Crippen LogP contribution in [0.15, 0.2) is 24.8 Å². The second kappa shape index (κ2) is 4.70. The number of hydrogen-bond acceptors (Lipinski definition) is 2. The lowest BCUT2D eigenvalue weighted by atomic mass is 10.1. The molecule has 0 aliphatic rings. The van der Waals surface area contributed by atoms with Crippen molar-refractivity contribution in [3.63, 3.8) is 0 Å². The number of phenolic OH excluding ortho intramolecular Hbond substituents is 1. The van der Waals surface area contributed by atoms with E-state index in [0.29, 0.717) is 5.75 Å². The van der Waals surface area contributed by atoms with Crippen molar-refractivity contribution in [3.8, 4) is 5.75 Å². The van der Waals surface area contributed by atoms with Crippen LogP contribution in [0.3, 0.4) is 0 Å². The SMILES string of the molecule is C=Cc1ccc(N(CC)CC)cc1O. The molecule has 1 rings (SSSR count). The summed E-state index contributed by atoms with van der Waals surface area (Å²) in [5.74, 6) is 0.296. The minimum atomic E-state index is 0.296. The zero-order chi connectivity index (χ0) is 10.6. The summed E-state index contributed by atoms with van der Waals surface area (Å²) in [7, 11) is 0. The Labute approximate surface area is 85.5 Å². The van der Waals surface area contributed by atoms with Gasteiger partial charge in [0.2, 0.25) is 0 Å². The Morgan fingerprint density at radius 3 is 2.43 bits per heavy atom. The predicted octanol–water partition coefficient (Wildman–Crippen LogP) is 2.88. The molecule has 0 radical (unpaired) electrons. The van der Waals surface area contributed by atoms with Crippen molar-refractivity contribution in [2.45, 2.75) is 13.8 Å². The van der Waals surface area contributed by atoms with Crippen molar-refractivity contribution in [1.29, 1.82) is 0 Å². The molecule has 0 spiro atoms. The molecule has 0 fully saturated rings. The summed E-state index contributed by atoms with van der Waals surface area (Å²) in [6.07, 6.45) is 1.65. The van der Waals surface area contributed by atoms with E-state index in [9.17, 15) is 5.11 Å². The molecule has 0 heterocycles. The van der Waals surface area contributed by atoms with Crippen LogP contribution in [0, 0.1) is 0 Å². The second-order valence-electron chi connectivity index (χ2n) is 3.12. The van der Waals surface area contributed by atoms with Gasteiger partial charge in [-0.15, -0.1) is 0 Å². The summed E-state index contributed by atoms with van der Waals surface area (Å²) in [6, 6.07) is 5.67. The largest absolute Gasteiger partial charge is 0.507 e. The molecule has 0 aliphatic carbocycles. The van der Waals surface area contributed by atoms with E-state index in [1.54, 1.807) is 12.1 Å². The fourth-order valence-corrected chi connectivity index (χ4v) is 1.49. The monoisotopic (exact) mass is 191 g/mol. The van der Waals surface area contributed by atoms with Gasteiger partial charge in [-0.3, -0.25) is 0 Å². The molecule has 0 saturated heterocycles. The molecule has 76 valence electrons. The molecule has 1 aromatic carbocycles. The van der Waals surface area contributed by atoms with Crippen LogP contribution in [0.1, 0.15) is 19.4 Å². The van der Waals surface area contributed by atoms with Gasteiger partial charge in [0.1, 0.15) is 5.75 Å². The Kier molecular flexibility index (Phi) is 3.57. The van der Waals surface area contributed by atoms with Crippen LogP contribution in [0.2, 0.25) is 0 Å². The summed E-state index contributed by atoms with van der Waals surface area (Å²) in [6.45, 7) is 9.73. The average molecular weight is 191 g/mol. The lowest BCUT2D eigenvalue weighted by molar-refractivity contribution is 0.474. The van der Waals surface area contributed by atoms with Crippen molar-refractivity contribution in [3.05, 3.63) is 30.3 Å². The molecular weight excluding hydrogens is 174 g/mol. The summed E-state index contributed by atoms with van der Waals surface area (Å²) < 4.78 is 0. The average Bonchev–Trinajstić information content (AvgIpc) is 2.20. The van der Waals surface area contributed by atoms with E-state index in [1.807, 2.05) is 12.1 Å². The minimum absolute atomic E-state index is 0.296. The number of benzene rings is 1. The van der Waals surface area contributed by atoms with Crippen molar-refractivity contribution in [2.75, 3.05) is 18.0 Å². The fourth-order valence-electron chi connectivity index (χ4n) is 1.49. The minimum Gasteiger partial charge on any atom is -0.507 e. The van der Waals surface area contributed by atoms with E-state index in [1.165, 1.54) is 0 Å². The number of nitrogens with zero attached hydrogens (tertiary/aromatic N) is 1. The molecule has 0 aliphatic heterocycles. The molecule has 0 atom stereocenters. The first-order valence-corrected chi connectivity index (χ1v) is 4.93. The van der Waals surface area contributed by atoms with Crippen molar-refractivity contribution >= 4 is 11.8 Å². The van der Waals surface area contributed by atoms with Gasteiger partial charge in [0, 0.05) is 30.4 Å². The molecule has 2 nitrogen and oxygen atoms in total. The zero-order valence-corrected chi connectivity index (χ0v) is 8.83. The van der Waals surface area contributed by atoms with Gasteiger partial charge in [-0.25, -0.2) is 0 Å². The van der Waals surface area contributed by atoms with Crippen LogP contribution in [0.25, 0.3) is 6.08 Å². The quantitative estimate of drug-likeness (QED) is 0.791. The molecule has 0 saturated carbocycles. The molecule has 0 aromatic heterocycles. The maximum atomic E-state index is 9.63. The molecule has 14 heavy (non-hydrogen) atoms. The van der Waals surface area contributed by atoms with Crippen LogP contribution in [0.5, 0.6) is 5.75 Å². The van der Waals surface area contributed by atoms with Gasteiger partial charge in [-0.2, -0.15) is 0 Å². The fraction of sp³-hybridized carbons (Fsp3) is 0.333. The zero-order valence-electron chi connectivity index (χ0n) is 8.83. The van der Waals surface area contributed by atoms with Crippen LogP contribution in [-0.2, 0) is 0 Å². The highest BCUT2D eigenvalue weighted by atomic mass is 16.3. The molecular formula is C12H17NO. The first-order valence-electron chi connectivity index (χ1n) is 4.93. The van der Waals surface area contributed by atoms with Gasteiger partial charge in [-0.05, 0) is 26.0 Å². The van der Waals surface area contributed by atoms with Crippen LogP contribution in [-0.4, -0.2) is 18.2 Å². The van der Waals surface area contributed by atoms with Gasteiger partial charge >= 0.3 is 0 Å².